The zero-order chi connectivity index (χ0) is 10.1. The van der Waals surface area contributed by atoms with E-state index in [1.807, 2.05) is 0 Å². The van der Waals surface area contributed by atoms with Crippen LogP contribution in [-0.4, -0.2) is 3.93 Å². The minimum Gasteiger partial charge on any atom is -0.213 e. The number of hydrogen-bond acceptors (Lipinski definition) is 0. The van der Waals surface area contributed by atoms with Crippen LogP contribution < -0.4 is 0 Å². The molecule has 1 aromatic rings. The first-order valence-electron chi connectivity index (χ1n) is 3.36. The van der Waals surface area contributed by atoms with Crippen molar-refractivity contribution >= 4 is 34.2 Å². The van der Waals surface area contributed by atoms with E-state index < -0.39 is 9.06 Å². The third-order valence-corrected chi connectivity index (χ3v) is 3.01. The molecule has 0 radical (unpaired) electrons. The zero-order valence-electron chi connectivity index (χ0n) is 6.28. The molecular formula is C8H5ClF3I. The lowest BCUT2D eigenvalue weighted by Gasteiger charge is -2.23. The fraction of sp³-hybridized carbons (Fsp3) is 0.250. The van der Waals surface area contributed by atoms with E-state index in [0.717, 1.165) is 0 Å². The zero-order valence-corrected chi connectivity index (χ0v) is 9.19. The summed E-state index contributed by atoms with van der Waals surface area (Å²) < 4.78 is 35.0. The Bertz CT molecular complexity index is 281. The molecule has 72 valence electrons. The molecular weight excluding hydrogens is 315 g/mol. The van der Waals surface area contributed by atoms with E-state index in [1.165, 1.54) is 24.3 Å². The molecule has 1 aromatic carbocycles. The average Bonchev–Trinajstić information content (AvgIpc) is 2.04. The quantitative estimate of drug-likeness (QED) is 0.569. The Morgan fingerprint density at radius 1 is 1.08 bits per heavy atom. The lowest BCUT2D eigenvalue weighted by atomic mass is 10.1. The van der Waals surface area contributed by atoms with Gasteiger partial charge in [0.15, 0.2) is 0 Å². The van der Waals surface area contributed by atoms with Gasteiger partial charge >= 0.3 is 3.93 Å². The molecule has 0 saturated heterocycles. The molecule has 13 heavy (non-hydrogen) atoms. The fourth-order valence-corrected chi connectivity index (χ4v) is 1.25. The molecule has 0 aliphatic rings. The summed E-state index contributed by atoms with van der Waals surface area (Å²) in [5.74, 6) is 0. The Balaban J connectivity index is 3.08. The molecule has 1 unspecified atom stereocenters. The summed E-state index contributed by atoms with van der Waals surface area (Å²) in [5.41, 5.74) is -0.240. The number of benzene rings is 1. The normalized spacial score (nSPS) is 16.7. The number of hydrogen-bond donors (Lipinski definition) is 0. The molecule has 0 aromatic heterocycles. The summed E-state index contributed by atoms with van der Waals surface area (Å²) >= 11 is 5.80. The van der Waals surface area contributed by atoms with Crippen LogP contribution in [0.25, 0.3) is 0 Å². The second-order valence-corrected chi connectivity index (χ2v) is 4.31. The van der Waals surface area contributed by atoms with Crippen LogP contribution in [0.15, 0.2) is 30.3 Å². The van der Waals surface area contributed by atoms with Gasteiger partial charge in [0.05, 0.1) is 0 Å². The molecule has 0 heterocycles. The van der Waals surface area contributed by atoms with Crippen molar-refractivity contribution in [2.45, 2.75) is 9.06 Å². The van der Waals surface area contributed by atoms with Crippen molar-refractivity contribution in [1.29, 1.82) is 0 Å². The van der Waals surface area contributed by atoms with Gasteiger partial charge in [0.2, 0.25) is 0 Å². The highest BCUT2D eigenvalue weighted by atomic mass is 127. The summed E-state index contributed by atoms with van der Waals surface area (Å²) in [4.78, 5) is 0. The van der Waals surface area contributed by atoms with E-state index in [0.29, 0.717) is 22.6 Å². The van der Waals surface area contributed by atoms with Gasteiger partial charge in [-0.15, -0.1) is 0 Å². The van der Waals surface area contributed by atoms with Gasteiger partial charge in [-0.3, -0.25) is 0 Å². The third-order valence-electron chi connectivity index (χ3n) is 1.49. The standard InChI is InChI=1S/C8H5ClF3I/c9-7(10,8(11,12)13)6-4-2-1-3-5-6/h1-5H. The van der Waals surface area contributed by atoms with Crippen LogP contribution in [0.5, 0.6) is 0 Å². The Morgan fingerprint density at radius 2 is 1.54 bits per heavy atom. The van der Waals surface area contributed by atoms with Gasteiger partial charge in [0, 0.05) is 28.2 Å². The van der Waals surface area contributed by atoms with Gasteiger partial charge in [-0.05, 0) is 0 Å². The fourth-order valence-electron chi connectivity index (χ4n) is 0.811. The summed E-state index contributed by atoms with van der Waals surface area (Å²) in [6.45, 7) is 0. The first kappa shape index (κ1) is 11.1. The molecule has 0 amide bonds. The highest BCUT2D eigenvalue weighted by molar-refractivity contribution is 14.1. The summed E-state index contributed by atoms with van der Waals surface area (Å²) in [6, 6.07) is 6.95. The van der Waals surface area contributed by atoms with Crippen LogP contribution in [0.2, 0.25) is 0 Å². The van der Waals surface area contributed by atoms with Crippen molar-refractivity contribution in [3.63, 3.8) is 0 Å². The Morgan fingerprint density at radius 3 is 1.92 bits per heavy atom. The number of alkyl halides is 5. The monoisotopic (exact) mass is 320 g/mol. The summed E-state index contributed by atoms with van der Waals surface area (Å²) in [6.07, 6.45) is 0. The van der Waals surface area contributed by atoms with Crippen molar-refractivity contribution < 1.29 is 13.2 Å². The number of halogens is 5. The van der Waals surface area contributed by atoms with Crippen LogP contribution >= 0.6 is 34.2 Å². The molecule has 0 spiro atoms. The van der Waals surface area contributed by atoms with E-state index in [9.17, 15) is 13.2 Å². The largest absolute Gasteiger partial charge is 0.347 e. The van der Waals surface area contributed by atoms with Crippen LogP contribution in [0.4, 0.5) is 13.2 Å². The summed E-state index contributed by atoms with van der Waals surface area (Å²) in [7, 11) is 0. The molecule has 0 aliphatic heterocycles. The van der Waals surface area contributed by atoms with Gasteiger partial charge in [0.1, 0.15) is 0 Å². The second-order valence-electron chi connectivity index (χ2n) is 2.44. The number of rotatable bonds is 2. The summed E-state index contributed by atoms with van der Waals surface area (Å²) in [5, 5.41) is -3.14. The minimum atomic E-state index is -3.63. The highest BCUT2D eigenvalue weighted by Crippen LogP contribution is 2.48. The molecule has 1 atom stereocenters. The molecule has 0 fully saturated rings. The van der Waals surface area contributed by atoms with E-state index >= 15 is 0 Å². The van der Waals surface area contributed by atoms with Gasteiger partial charge in [-0.1, -0.05) is 41.9 Å². The molecule has 0 N–H and O–H groups in total. The minimum absolute atomic E-state index is 0.240. The van der Waals surface area contributed by atoms with E-state index in [4.69, 9.17) is 11.6 Å². The van der Waals surface area contributed by atoms with Gasteiger partial charge in [-0.25, -0.2) is 4.39 Å². The Labute approximate surface area is 92.2 Å². The molecule has 5 heteroatoms. The lowest BCUT2D eigenvalue weighted by Crippen LogP contribution is -2.30. The van der Waals surface area contributed by atoms with E-state index in [1.54, 1.807) is 6.07 Å². The van der Waals surface area contributed by atoms with Crippen LogP contribution in [-0.2, 0) is 5.13 Å². The van der Waals surface area contributed by atoms with E-state index in [-0.39, 0.29) is 5.56 Å². The second kappa shape index (κ2) is 3.65. The molecule has 0 saturated carbocycles. The van der Waals surface area contributed by atoms with E-state index in [2.05, 4.69) is 0 Å². The van der Waals surface area contributed by atoms with Crippen LogP contribution in [0.3, 0.4) is 0 Å². The predicted molar refractivity (Wildman–Crippen MR) is 54.0 cm³/mol. The lowest BCUT2D eigenvalue weighted by molar-refractivity contribution is 0.00241. The van der Waals surface area contributed by atoms with Crippen molar-refractivity contribution in [2.24, 2.45) is 0 Å². The molecule has 0 bridgehead atoms. The van der Waals surface area contributed by atoms with Gasteiger partial charge in [-0.2, -0.15) is 8.78 Å². The SMILES string of the molecule is FC(F)(I)C(F)(Cl)c1ccccc1. The first-order valence-corrected chi connectivity index (χ1v) is 4.81. The van der Waals surface area contributed by atoms with Gasteiger partial charge in [0.25, 0.3) is 5.13 Å². The predicted octanol–water partition coefficient (Wildman–Crippen LogP) is 4.08. The van der Waals surface area contributed by atoms with Crippen molar-refractivity contribution in [2.75, 3.05) is 0 Å². The Hall–Kier alpha value is 0.0300. The van der Waals surface area contributed by atoms with Crippen molar-refractivity contribution in [3.05, 3.63) is 35.9 Å². The maximum Gasteiger partial charge on any atom is 0.347 e. The van der Waals surface area contributed by atoms with Gasteiger partial charge < -0.3 is 0 Å². The van der Waals surface area contributed by atoms with Crippen LogP contribution in [0, 0.1) is 0 Å². The highest BCUT2D eigenvalue weighted by Gasteiger charge is 2.52. The molecule has 0 aliphatic carbocycles. The first-order chi connectivity index (χ1) is 5.86. The molecule has 0 nitrogen and oxygen atoms in total. The topological polar surface area (TPSA) is 0 Å². The maximum atomic E-state index is 13.3. The average molecular weight is 320 g/mol. The third kappa shape index (κ3) is 2.28. The maximum absolute atomic E-state index is 13.3. The smallest absolute Gasteiger partial charge is 0.213 e. The molecule has 1 rings (SSSR count). The van der Waals surface area contributed by atoms with Crippen molar-refractivity contribution in [1.82, 2.24) is 0 Å². The Kier molecular flexibility index (Phi) is 3.12. The van der Waals surface area contributed by atoms with Crippen LogP contribution in [0.1, 0.15) is 5.56 Å². The van der Waals surface area contributed by atoms with Crippen molar-refractivity contribution in [3.8, 4) is 0 Å².